The minimum absolute atomic E-state index is 0. The molecule has 1 aromatic rings. The van der Waals surface area contributed by atoms with Crippen LogP contribution < -0.4 is 18.1 Å². The van der Waals surface area contributed by atoms with Gasteiger partial charge >= 0.3 is 0 Å². The Bertz CT molecular complexity index is 539. The Balaban J connectivity index is 0.00000115. The minimum Gasteiger partial charge on any atom is -1.00 e. The van der Waals surface area contributed by atoms with Crippen LogP contribution in [0.3, 0.4) is 0 Å². The third kappa shape index (κ3) is 2.18. The van der Waals surface area contributed by atoms with E-state index >= 15 is 0 Å². The van der Waals surface area contributed by atoms with Crippen molar-refractivity contribution in [3.05, 3.63) is 11.1 Å². The third-order valence-electron chi connectivity index (χ3n) is 5.21. The number of hydrogen-bond donors (Lipinski definition) is 1. The molecule has 5 bridgehead atoms. The Hall–Kier alpha value is -0.440. The Morgan fingerprint density at radius 3 is 2.48 bits per heavy atom. The highest BCUT2D eigenvalue weighted by atomic mass is 35.5. The van der Waals surface area contributed by atoms with Crippen molar-refractivity contribution < 1.29 is 16.9 Å². The monoisotopic (exact) mass is 328 g/mol. The zero-order valence-electron chi connectivity index (χ0n) is 12.0. The van der Waals surface area contributed by atoms with Crippen LogP contribution in [0.15, 0.2) is 5.38 Å². The Labute approximate surface area is 135 Å². The van der Waals surface area contributed by atoms with E-state index in [4.69, 9.17) is 5.73 Å². The Kier molecular flexibility index (Phi) is 3.06. The molecule has 4 aliphatic rings. The summed E-state index contributed by atoms with van der Waals surface area (Å²) in [7, 11) is 0. The zero-order chi connectivity index (χ0) is 13.4. The van der Waals surface area contributed by atoms with Gasteiger partial charge in [0.1, 0.15) is 25.6 Å². The summed E-state index contributed by atoms with van der Waals surface area (Å²) in [6.07, 6.45) is 0. The fraction of sp³-hybridized carbons (Fsp3) is 0.769. The smallest absolute Gasteiger partial charge is 0.180 e. The molecule has 4 saturated heterocycles. The van der Waals surface area contributed by atoms with Crippen molar-refractivity contribution >= 4 is 16.5 Å². The van der Waals surface area contributed by atoms with Crippen molar-refractivity contribution in [2.45, 2.75) is 6.54 Å². The molecule has 2 atom stereocenters. The maximum Gasteiger partial charge on any atom is 0.180 e. The van der Waals surface area contributed by atoms with Crippen molar-refractivity contribution in [1.82, 2.24) is 19.7 Å². The first kappa shape index (κ1) is 14.2. The van der Waals surface area contributed by atoms with E-state index < -0.39 is 0 Å². The number of quaternary nitrogens is 1. The number of hydrogen-bond acceptors (Lipinski definition) is 6. The quantitative estimate of drug-likeness (QED) is 0.580. The van der Waals surface area contributed by atoms with Gasteiger partial charge in [0.2, 0.25) is 0 Å². The van der Waals surface area contributed by atoms with Crippen molar-refractivity contribution in [2.24, 2.45) is 5.41 Å². The van der Waals surface area contributed by atoms with Gasteiger partial charge in [-0.05, 0) is 0 Å². The highest BCUT2D eigenvalue weighted by Gasteiger charge is 2.59. The summed E-state index contributed by atoms with van der Waals surface area (Å²) < 4.78 is 1.16. The molecule has 0 radical (unpaired) electrons. The lowest BCUT2D eigenvalue weighted by atomic mass is 9.78. The molecule has 116 valence electrons. The number of rotatable bonds is 2. The molecule has 0 saturated carbocycles. The molecule has 1 aromatic heterocycles. The summed E-state index contributed by atoms with van der Waals surface area (Å²) in [5.74, 6) is 0. The SMILES string of the molecule is Nc1nc(C[N+]23CN4CN5CN(CC(C5)(C4)C2)C3)cs1.[Cl-]. The number of nitrogen functional groups attached to an aromatic ring is 1. The van der Waals surface area contributed by atoms with Crippen LogP contribution in [0.1, 0.15) is 5.69 Å². The fourth-order valence-electron chi connectivity index (χ4n) is 5.32. The first-order valence-corrected chi connectivity index (χ1v) is 8.22. The molecule has 2 N–H and O–H groups in total. The zero-order valence-corrected chi connectivity index (χ0v) is 13.6. The molecular weight excluding hydrogens is 308 g/mol. The maximum absolute atomic E-state index is 5.81. The van der Waals surface area contributed by atoms with Crippen LogP contribution in [0, 0.1) is 5.41 Å². The summed E-state index contributed by atoms with van der Waals surface area (Å²) in [6.45, 7) is 10.9. The van der Waals surface area contributed by atoms with Crippen molar-refractivity contribution in [3.63, 3.8) is 0 Å². The highest BCUT2D eigenvalue weighted by Crippen LogP contribution is 2.43. The molecule has 0 aliphatic carbocycles. The highest BCUT2D eigenvalue weighted by molar-refractivity contribution is 7.13. The largest absolute Gasteiger partial charge is 1.00 e. The van der Waals surface area contributed by atoms with E-state index in [0.29, 0.717) is 10.5 Å². The van der Waals surface area contributed by atoms with E-state index in [1.807, 2.05) is 0 Å². The first-order valence-electron chi connectivity index (χ1n) is 7.34. The molecule has 6 nitrogen and oxygen atoms in total. The molecule has 4 fully saturated rings. The summed E-state index contributed by atoms with van der Waals surface area (Å²) in [5.41, 5.74) is 7.49. The van der Waals surface area contributed by atoms with E-state index in [1.54, 1.807) is 11.3 Å². The summed E-state index contributed by atoms with van der Waals surface area (Å²) >= 11 is 1.57. The molecule has 0 amide bonds. The minimum atomic E-state index is 0. The van der Waals surface area contributed by atoms with Crippen molar-refractivity contribution in [1.29, 1.82) is 0 Å². The van der Waals surface area contributed by atoms with E-state index in [9.17, 15) is 0 Å². The second kappa shape index (κ2) is 4.53. The third-order valence-corrected chi connectivity index (χ3v) is 5.94. The predicted octanol–water partition coefficient (Wildman–Crippen LogP) is -3.18. The molecule has 21 heavy (non-hydrogen) atoms. The van der Waals surface area contributed by atoms with Crippen molar-refractivity contribution in [2.75, 3.05) is 58.6 Å². The van der Waals surface area contributed by atoms with Gasteiger partial charge in [0, 0.05) is 25.0 Å². The topological polar surface area (TPSA) is 48.6 Å². The molecule has 2 unspecified atom stereocenters. The molecule has 5 rings (SSSR count). The fourth-order valence-corrected chi connectivity index (χ4v) is 5.88. The number of thiazole rings is 1. The second-order valence-electron chi connectivity index (χ2n) is 7.39. The van der Waals surface area contributed by atoms with Crippen LogP contribution in [0.2, 0.25) is 0 Å². The van der Waals surface area contributed by atoms with Gasteiger partial charge in [0.05, 0.1) is 25.3 Å². The number of nitrogens with zero attached hydrogens (tertiary/aromatic N) is 5. The normalized spacial score (nSPS) is 46.4. The van der Waals surface area contributed by atoms with E-state index in [1.165, 1.54) is 45.2 Å². The summed E-state index contributed by atoms with van der Waals surface area (Å²) in [4.78, 5) is 12.5. The van der Waals surface area contributed by atoms with Gasteiger partial charge in [-0.1, -0.05) is 0 Å². The lowest BCUT2D eigenvalue weighted by molar-refractivity contribution is -0.981. The predicted molar refractivity (Wildman–Crippen MR) is 77.4 cm³/mol. The molecule has 5 heterocycles. The standard InChI is InChI=1S/C13H21N6S.ClH/c14-12-15-11(2-20-12)1-19-6-13-3-16(7-17(4-13)9-19)8-18(5-13)10-19;/h2H,1,3-10H2,(H2,14,15);1H/q+1;/p-1. The summed E-state index contributed by atoms with van der Waals surface area (Å²) in [6, 6.07) is 0. The number of aromatic nitrogens is 1. The average molecular weight is 329 g/mol. The van der Waals surface area contributed by atoms with Crippen LogP contribution in [0.5, 0.6) is 0 Å². The lowest BCUT2D eigenvalue weighted by Crippen LogP contribution is -3.00. The van der Waals surface area contributed by atoms with Crippen LogP contribution in [0.4, 0.5) is 5.13 Å². The van der Waals surface area contributed by atoms with Gasteiger partial charge in [-0.15, -0.1) is 11.3 Å². The van der Waals surface area contributed by atoms with Gasteiger partial charge in [0.15, 0.2) is 5.13 Å². The molecule has 8 heteroatoms. The molecule has 4 aliphatic heterocycles. The van der Waals surface area contributed by atoms with Crippen LogP contribution in [0.25, 0.3) is 0 Å². The maximum atomic E-state index is 5.81. The van der Waals surface area contributed by atoms with Crippen LogP contribution >= 0.6 is 11.3 Å². The Morgan fingerprint density at radius 2 is 1.86 bits per heavy atom. The van der Waals surface area contributed by atoms with Gasteiger partial charge in [-0.25, -0.2) is 14.8 Å². The second-order valence-corrected chi connectivity index (χ2v) is 8.28. The molecule has 1 spiro atoms. The Morgan fingerprint density at radius 1 is 1.19 bits per heavy atom. The van der Waals surface area contributed by atoms with Gasteiger partial charge in [-0.2, -0.15) is 0 Å². The number of nitrogens with two attached hydrogens (primary N) is 1. The average Bonchev–Trinajstić information content (AvgIpc) is 2.69. The summed E-state index contributed by atoms with van der Waals surface area (Å²) in [5, 5.41) is 2.85. The number of halogens is 1. The van der Waals surface area contributed by atoms with E-state index in [2.05, 4.69) is 25.1 Å². The van der Waals surface area contributed by atoms with Crippen LogP contribution in [-0.4, -0.2) is 77.0 Å². The van der Waals surface area contributed by atoms with Gasteiger partial charge in [-0.3, -0.25) is 9.38 Å². The van der Waals surface area contributed by atoms with E-state index in [0.717, 1.165) is 24.4 Å². The first-order chi connectivity index (χ1) is 9.62. The molecular formula is C13H21ClN6S. The number of fused-ring (bicyclic) bond motifs is 4. The van der Waals surface area contributed by atoms with E-state index in [-0.39, 0.29) is 12.4 Å². The lowest BCUT2D eigenvalue weighted by Gasteiger charge is -2.66. The van der Waals surface area contributed by atoms with Gasteiger partial charge in [0.25, 0.3) is 0 Å². The van der Waals surface area contributed by atoms with Crippen molar-refractivity contribution in [3.8, 4) is 0 Å². The van der Waals surface area contributed by atoms with Gasteiger partial charge < -0.3 is 18.1 Å². The molecule has 0 aromatic carbocycles. The number of anilines is 1. The van der Waals surface area contributed by atoms with Crippen LogP contribution in [-0.2, 0) is 6.54 Å².